The molecule has 240 valence electrons. The van der Waals surface area contributed by atoms with Crippen molar-refractivity contribution in [2.24, 2.45) is 0 Å². The highest BCUT2D eigenvalue weighted by Gasteiger charge is 2.24. The first-order chi connectivity index (χ1) is 25.3. The zero-order valence-corrected chi connectivity index (χ0v) is 27.8. The quantitative estimate of drug-likeness (QED) is 0.178. The molecule has 10 rings (SSSR count). The van der Waals surface area contributed by atoms with Crippen LogP contribution in [0.3, 0.4) is 0 Å². The van der Waals surface area contributed by atoms with Crippen molar-refractivity contribution in [3.05, 3.63) is 194 Å². The molecule has 0 saturated heterocycles. The summed E-state index contributed by atoms with van der Waals surface area (Å²) >= 11 is 0. The molecule has 0 aliphatic rings. The number of hydrogen-bond donors (Lipinski definition) is 0. The molecule has 0 spiro atoms. The normalized spacial score (nSPS) is 11.5. The summed E-state index contributed by atoms with van der Waals surface area (Å²) in [5.41, 5.74) is 12.9. The minimum atomic E-state index is 0.877. The van der Waals surface area contributed by atoms with Crippen LogP contribution in [0, 0.1) is 0 Å². The molecule has 0 bridgehead atoms. The molecule has 8 aromatic carbocycles. The molecule has 2 aromatic heterocycles. The van der Waals surface area contributed by atoms with Crippen molar-refractivity contribution in [3.8, 4) is 27.9 Å². The van der Waals surface area contributed by atoms with Crippen molar-refractivity contribution in [2.75, 3.05) is 4.90 Å². The Labute approximate surface area is 295 Å². The number of aromatic nitrogens is 1. The van der Waals surface area contributed by atoms with Crippen molar-refractivity contribution in [2.45, 2.75) is 0 Å². The van der Waals surface area contributed by atoms with Crippen LogP contribution in [0.4, 0.5) is 17.1 Å². The van der Waals surface area contributed by atoms with Gasteiger partial charge < -0.3 is 13.9 Å². The van der Waals surface area contributed by atoms with Crippen LogP contribution in [0.1, 0.15) is 0 Å². The van der Waals surface area contributed by atoms with E-state index in [0.717, 1.165) is 66.8 Å². The van der Waals surface area contributed by atoms with Crippen LogP contribution in [0.5, 0.6) is 0 Å². The van der Waals surface area contributed by atoms with E-state index in [4.69, 9.17) is 4.42 Å². The Hall–Kier alpha value is -6.84. The number of rotatable bonds is 6. The first kappa shape index (κ1) is 29.1. The maximum Gasteiger partial charge on any atom is 0.161 e. The average Bonchev–Trinajstić information content (AvgIpc) is 3.74. The Morgan fingerprint density at radius 1 is 0.392 bits per heavy atom. The number of hydrogen-bond acceptors (Lipinski definition) is 2. The summed E-state index contributed by atoms with van der Waals surface area (Å²) in [5.74, 6) is 0. The van der Waals surface area contributed by atoms with Gasteiger partial charge >= 0.3 is 0 Å². The Morgan fingerprint density at radius 2 is 0.980 bits per heavy atom. The number of fused-ring (bicyclic) bond motifs is 6. The lowest BCUT2D eigenvalue weighted by molar-refractivity contribution is 0.674. The molecule has 0 amide bonds. The maximum atomic E-state index is 7.00. The molecule has 0 N–H and O–H groups in total. The van der Waals surface area contributed by atoms with E-state index in [1.807, 2.05) is 0 Å². The SMILES string of the molecule is c1ccc(-c2ccc(N(c3ccccc3-c3cccc4c3oc3c5ccccc5n(-c5ccccc5)c43)c3cccc4ccccc34)cc2)cc1. The van der Waals surface area contributed by atoms with E-state index in [0.29, 0.717) is 0 Å². The highest BCUT2D eigenvalue weighted by molar-refractivity contribution is 6.19. The molecule has 0 radical (unpaired) electrons. The molecule has 51 heavy (non-hydrogen) atoms. The third-order valence-electron chi connectivity index (χ3n) is 9.99. The number of nitrogens with zero attached hydrogens (tertiary/aromatic N) is 2. The Kier molecular flexibility index (Phi) is 6.81. The molecular formula is C48H32N2O. The summed E-state index contributed by atoms with van der Waals surface area (Å²) in [6.45, 7) is 0. The van der Waals surface area contributed by atoms with E-state index in [1.165, 1.54) is 21.9 Å². The summed E-state index contributed by atoms with van der Waals surface area (Å²) in [7, 11) is 0. The Bertz CT molecular complexity index is 2840. The van der Waals surface area contributed by atoms with Crippen LogP contribution in [0.25, 0.3) is 71.7 Å². The molecule has 0 unspecified atom stereocenters. The third-order valence-corrected chi connectivity index (χ3v) is 9.99. The zero-order chi connectivity index (χ0) is 33.7. The number of anilines is 3. The van der Waals surface area contributed by atoms with E-state index in [1.54, 1.807) is 0 Å². The second-order valence-electron chi connectivity index (χ2n) is 12.9. The van der Waals surface area contributed by atoms with Gasteiger partial charge in [-0.05, 0) is 71.1 Å². The van der Waals surface area contributed by atoms with Gasteiger partial charge in [-0.15, -0.1) is 0 Å². The van der Waals surface area contributed by atoms with Crippen molar-refractivity contribution >= 4 is 60.8 Å². The second kappa shape index (κ2) is 11.9. The van der Waals surface area contributed by atoms with Crippen LogP contribution in [-0.4, -0.2) is 4.57 Å². The topological polar surface area (TPSA) is 21.3 Å². The molecule has 3 nitrogen and oxygen atoms in total. The first-order valence-corrected chi connectivity index (χ1v) is 17.4. The van der Waals surface area contributed by atoms with Gasteiger partial charge in [0.1, 0.15) is 11.1 Å². The van der Waals surface area contributed by atoms with Crippen LogP contribution in [-0.2, 0) is 0 Å². The molecular weight excluding hydrogens is 621 g/mol. The van der Waals surface area contributed by atoms with Crippen molar-refractivity contribution in [1.29, 1.82) is 0 Å². The average molecular weight is 653 g/mol. The van der Waals surface area contributed by atoms with Gasteiger partial charge in [-0.1, -0.05) is 140 Å². The fourth-order valence-corrected chi connectivity index (χ4v) is 7.69. The summed E-state index contributed by atoms with van der Waals surface area (Å²) in [5, 5.41) is 4.57. The lowest BCUT2D eigenvalue weighted by Gasteiger charge is -2.29. The second-order valence-corrected chi connectivity index (χ2v) is 12.9. The number of para-hydroxylation sites is 4. The van der Waals surface area contributed by atoms with E-state index >= 15 is 0 Å². The molecule has 0 fully saturated rings. The van der Waals surface area contributed by atoms with Crippen LogP contribution in [0.15, 0.2) is 199 Å². The molecule has 0 atom stereocenters. The third kappa shape index (κ3) is 4.74. The Morgan fingerprint density at radius 3 is 1.82 bits per heavy atom. The predicted molar refractivity (Wildman–Crippen MR) is 214 cm³/mol. The van der Waals surface area contributed by atoms with E-state index < -0.39 is 0 Å². The van der Waals surface area contributed by atoms with Gasteiger partial charge in [0.15, 0.2) is 5.58 Å². The van der Waals surface area contributed by atoms with Gasteiger partial charge in [-0.3, -0.25) is 0 Å². The molecule has 2 heterocycles. The summed E-state index contributed by atoms with van der Waals surface area (Å²) in [6, 6.07) is 69.0. The monoisotopic (exact) mass is 652 g/mol. The minimum absolute atomic E-state index is 0.877. The van der Waals surface area contributed by atoms with E-state index in [2.05, 4.69) is 204 Å². The first-order valence-electron chi connectivity index (χ1n) is 17.4. The summed E-state index contributed by atoms with van der Waals surface area (Å²) in [6.07, 6.45) is 0. The summed E-state index contributed by atoms with van der Waals surface area (Å²) < 4.78 is 9.33. The standard InChI is InChI=1S/C48H32N2O/c1-3-15-33(16-4-1)34-29-31-37(32-30-34)49(43-28-13-18-35-17-7-8-21-38(35)43)44-26-11-9-22-39(44)40-24-14-25-42-46-48(51-47(40)42)41-23-10-12-27-45(41)50(46)36-19-5-2-6-20-36/h1-32H. The molecule has 10 aromatic rings. The molecule has 0 aliphatic heterocycles. The van der Waals surface area contributed by atoms with Crippen molar-refractivity contribution in [1.82, 2.24) is 4.57 Å². The molecule has 0 saturated carbocycles. The van der Waals surface area contributed by atoms with Gasteiger partial charge in [-0.25, -0.2) is 0 Å². The van der Waals surface area contributed by atoms with Gasteiger partial charge in [-0.2, -0.15) is 0 Å². The van der Waals surface area contributed by atoms with E-state index in [-0.39, 0.29) is 0 Å². The lowest BCUT2D eigenvalue weighted by Crippen LogP contribution is -2.11. The van der Waals surface area contributed by atoms with Crippen LogP contribution < -0.4 is 4.90 Å². The lowest BCUT2D eigenvalue weighted by atomic mass is 9.98. The van der Waals surface area contributed by atoms with Crippen LogP contribution in [0.2, 0.25) is 0 Å². The minimum Gasteiger partial charge on any atom is -0.453 e. The van der Waals surface area contributed by atoms with Gasteiger partial charge in [0.05, 0.1) is 16.9 Å². The summed E-state index contributed by atoms with van der Waals surface area (Å²) in [4.78, 5) is 2.40. The maximum absolute atomic E-state index is 7.00. The number of furan rings is 1. The highest BCUT2D eigenvalue weighted by Crippen LogP contribution is 2.47. The van der Waals surface area contributed by atoms with Crippen molar-refractivity contribution in [3.63, 3.8) is 0 Å². The molecule has 3 heteroatoms. The number of benzene rings is 8. The molecule has 0 aliphatic carbocycles. The van der Waals surface area contributed by atoms with Gasteiger partial charge in [0, 0.05) is 38.7 Å². The van der Waals surface area contributed by atoms with Gasteiger partial charge in [0.25, 0.3) is 0 Å². The van der Waals surface area contributed by atoms with Gasteiger partial charge in [0.2, 0.25) is 0 Å². The van der Waals surface area contributed by atoms with Crippen molar-refractivity contribution < 1.29 is 4.42 Å². The van der Waals surface area contributed by atoms with E-state index in [9.17, 15) is 0 Å². The highest BCUT2D eigenvalue weighted by atomic mass is 16.3. The van der Waals surface area contributed by atoms with Crippen LogP contribution >= 0.6 is 0 Å². The largest absolute Gasteiger partial charge is 0.453 e. The predicted octanol–water partition coefficient (Wildman–Crippen LogP) is 13.5. The zero-order valence-electron chi connectivity index (χ0n) is 27.8. The fourth-order valence-electron chi connectivity index (χ4n) is 7.69. The smallest absolute Gasteiger partial charge is 0.161 e. The Balaban J connectivity index is 1.22. The fraction of sp³-hybridized carbons (Fsp3) is 0.